The maximum atomic E-state index is 9.81. The lowest BCUT2D eigenvalue weighted by Crippen LogP contribution is -2.39. The summed E-state index contributed by atoms with van der Waals surface area (Å²) in [7, 11) is 0. The average Bonchev–Trinajstić information content (AvgIpc) is 2.00. The third-order valence-electron chi connectivity index (χ3n) is 2.46. The summed E-state index contributed by atoms with van der Waals surface area (Å²) >= 11 is 3.31. The summed E-state index contributed by atoms with van der Waals surface area (Å²) in [5.41, 5.74) is -0.288. The molecular weight excluding hydrogens is 244 g/mol. The Balaban J connectivity index is 4.33. The molecule has 0 heterocycles. The molecule has 1 atom stereocenters. The SMILES string of the molecule is CCOC(C)(C)CC(C)(C)[C@@H](O)CBr. The van der Waals surface area contributed by atoms with Crippen molar-refractivity contribution in [2.75, 3.05) is 11.9 Å². The number of aliphatic hydroxyl groups excluding tert-OH is 1. The molecule has 0 saturated heterocycles. The van der Waals surface area contributed by atoms with Crippen LogP contribution in [0.2, 0.25) is 0 Å². The molecule has 0 aromatic carbocycles. The molecule has 0 aliphatic heterocycles. The Morgan fingerprint density at radius 3 is 2.14 bits per heavy atom. The molecule has 0 fully saturated rings. The van der Waals surface area contributed by atoms with Gasteiger partial charge in [0.2, 0.25) is 0 Å². The van der Waals surface area contributed by atoms with E-state index in [-0.39, 0.29) is 17.1 Å². The van der Waals surface area contributed by atoms with Crippen LogP contribution in [0.1, 0.15) is 41.0 Å². The van der Waals surface area contributed by atoms with Crippen molar-refractivity contribution in [3.05, 3.63) is 0 Å². The van der Waals surface area contributed by atoms with Crippen LogP contribution in [0.5, 0.6) is 0 Å². The molecule has 0 aromatic rings. The van der Waals surface area contributed by atoms with Gasteiger partial charge in [0, 0.05) is 11.9 Å². The fourth-order valence-electron chi connectivity index (χ4n) is 1.87. The molecule has 0 amide bonds. The van der Waals surface area contributed by atoms with E-state index in [0.29, 0.717) is 11.9 Å². The minimum absolute atomic E-state index is 0.123. The van der Waals surface area contributed by atoms with Crippen molar-refractivity contribution in [3.63, 3.8) is 0 Å². The number of halogens is 1. The zero-order valence-electron chi connectivity index (χ0n) is 9.93. The smallest absolute Gasteiger partial charge is 0.0688 e. The first-order valence-electron chi connectivity index (χ1n) is 5.13. The van der Waals surface area contributed by atoms with E-state index in [4.69, 9.17) is 4.74 Å². The summed E-state index contributed by atoms with van der Waals surface area (Å²) < 4.78 is 5.63. The first-order chi connectivity index (χ1) is 6.25. The molecular formula is C11H23BrO2. The van der Waals surface area contributed by atoms with Crippen molar-refractivity contribution < 1.29 is 9.84 Å². The zero-order chi connectivity index (χ0) is 11.4. The van der Waals surface area contributed by atoms with Gasteiger partial charge < -0.3 is 9.84 Å². The molecule has 2 nitrogen and oxygen atoms in total. The number of hydrogen-bond donors (Lipinski definition) is 1. The molecule has 3 heteroatoms. The molecule has 0 radical (unpaired) electrons. The highest BCUT2D eigenvalue weighted by atomic mass is 79.9. The Hall–Kier alpha value is 0.400. The highest BCUT2D eigenvalue weighted by molar-refractivity contribution is 9.09. The van der Waals surface area contributed by atoms with E-state index in [1.54, 1.807) is 0 Å². The molecule has 0 aliphatic carbocycles. The Bertz CT molecular complexity index is 167. The van der Waals surface area contributed by atoms with Crippen LogP contribution in [-0.4, -0.2) is 28.7 Å². The van der Waals surface area contributed by atoms with Crippen LogP contribution >= 0.6 is 15.9 Å². The number of alkyl halides is 1. The number of hydrogen-bond acceptors (Lipinski definition) is 2. The van der Waals surface area contributed by atoms with Gasteiger partial charge in [0.05, 0.1) is 11.7 Å². The Labute approximate surface area is 96.2 Å². The van der Waals surface area contributed by atoms with Gasteiger partial charge in [0.1, 0.15) is 0 Å². The monoisotopic (exact) mass is 266 g/mol. The summed E-state index contributed by atoms with van der Waals surface area (Å²) in [5.74, 6) is 0. The number of aliphatic hydroxyl groups is 1. The van der Waals surface area contributed by atoms with E-state index in [9.17, 15) is 5.11 Å². The third-order valence-corrected chi connectivity index (χ3v) is 3.08. The summed E-state index contributed by atoms with van der Waals surface area (Å²) in [6.07, 6.45) is 0.517. The molecule has 0 spiro atoms. The fourth-order valence-corrected chi connectivity index (χ4v) is 2.74. The lowest BCUT2D eigenvalue weighted by molar-refractivity contribution is -0.0632. The Kier molecular flexibility index (Phi) is 5.63. The fraction of sp³-hybridized carbons (Fsp3) is 1.00. The van der Waals surface area contributed by atoms with Crippen molar-refractivity contribution in [1.82, 2.24) is 0 Å². The van der Waals surface area contributed by atoms with E-state index in [2.05, 4.69) is 43.6 Å². The van der Waals surface area contributed by atoms with Crippen molar-refractivity contribution in [2.24, 2.45) is 5.41 Å². The summed E-state index contributed by atoms with van der Waals surface area (Å²) in [6, 6.07) is 0. The highest BCUT2D eigenvalue weighted by Crippen LogP contribution is 2.33. The van der Waals surface area contributed by atoms with Gasteiger partial charge in [0.25, 0.3) is 0 Å². The third kappa shape index (κ3) is 4.76. The topological polar surface area (TPSA) is 29.5 Å². The van der Waals surface area contributed by atoms with Crippen molar-refractivity contribution >= 4 is 15.9 Å². The van der Waals surface area contributed by atoms with Gasteiger partial charge in [-0.15, -0.1) is 0 Å². The van der Waals surface area contributed by atoms with E-state index < -0.39 is 0 Å². The first-order valence-corrected chi connectivity index (χ1v) is 6.25. The second-order valence-corrected chi connectivity index (χ2v) is 5.68. The van der Waals surface area contributed by atoms with Crippen LogP contribution in [0.15, 0.2) is 0 Å². The second-order valence-electron chi connectivity index (χ2n) is 5.03. The summed E-state index contributed by atoms with van der Waals surface area (Å²) in [5, 5.41) is 10.4. The average molecular weight is 267 g/mol. The van der Waals surface area contributed by atoms with Gasteiger partial charge in [-0.1, -0.05) is 29.8 Å². The normalized spacial score (nSPS) is 15.6. The molecule has 1 N–H and O–H groups in total. The molecule has 0 saturated carbocycles. The standard InChI is InChI=1S/C11H23BrO2/c1-6-14-11(4,5)8-10(2,3)9(13)7-12/h9,13H,6-8H2,1-5H3/t9-/m0/s1. The van der Waals surface area contributed by atoms with Crippen molar-refractivity contribution in [2.45, 2.75) is 52.7 Å². The van der Waals surface area contributed by atoms with Crippen molar-refractivity contribution in [1.29, 1.82) is 0 Å². The van der Waals surface area contributed by atoms with Crippen LogP contribution < -0.4 is 0 Å². The van der Waals surface area contributed by atoms with Crippen LogP contribution in [0.25, 0.3) is 0 Å². The lowest BCUT2D eigenvalue weighted by Gasteiger charge is -2.37. The van der Waals surface area contributed by atoms with E-state index in [0.717, 1.165) is 6.42 Å². The van der Waals surface area contributed by atoms with Crippen LogP contribution in [0, 0.1) is 5.41 Å². The van der Waals surface area contributed by atoms with Crippen molar-refractivity contribution in [3.8, 4) is 0 Å². The molecule has 0 aliphatic rings. The molecule has 0 unspecified atom stereocenters. The largest absolute Gasteiger partial charge is 0.392 e. The molecule has 0 rings (SSSR count). The maximum Gasteiger partial charge on any atom is 0.0688 e. The number of rotatable bonds is 6. The van der Waals surface area contributed by atoms with Gasteiger partial charge >= 0.3 is 0 Å². The Morgan fingerprint density at radius 1 is 1.29 bits per heavy atom. The van der Waals surface area contributed by atoms with Gasteiger partial charge in [-0.3, -0.25) is 0 Å². The van der Waals surface area contributed by atoms with E-state index in [1.165, 1.54) is 0 Å². The second kappa shape index (κ2) is 5.47. The molecule has 0 bridgehead atoms. The predicted molar refractivity (Wildman–Crippen MR) is 63.9 cm³/mol. The lowest BCUT2D eigenvalue weighted by atomic mass is 9.78. The van der Waals surface area contributed by atoms with Crippen LogP contribution in [0.4, 0.5) is 0 Å². The van der Waals surface area contributed by atoms with Crippen LogP contribution in [0.3, 0.4) is 0 Å². The maximum absolute atomic E-state index is 9.81. The van der Waals surface area contributed by atoms with E-state index >= 15 is 0 Å². The Morgan fingerprint density at radius 2 is 1.79 bits per heavy atom. The quantitative estimate of drug-likeness (QED) is 0.750. The molecule has 14 heavy (non-hydrogen) atoms. The number of ether oxygens (including phenoxy) is 1. The van der Waals surface area contributed by atoms with Gasteiger partial charge in [-0.25, -0.2) is 0 Å². The van der Waals surface area contributed by atoms with E-state index in [1.807, 2.05) is 6.92 Å². The minimum atomic E-state index is -0.331. The first kappa shape index (κ1) is 14.4. The van der Waals surface area contributed by atoms with Gasteiger partial charge in [0.15, 0.2) is 0 Å². The van der Waals surface area contributed by atoms with Crippen LogP contribution in [-0.2, 0) is 4.74 Å². The highest BCUT2D eigenvalue weighted by Gasteiger charge is 2.34. The van der Waals surface area contributed by atoms with Gasteiger partial charge in [-0.2, -0.15) is 0 Å². The minimum Gasteiger partial charge on any atom is -0.392 e. The summed E-state index contributed by atoms with van der Waals surface area (Å²) in [6.45, 7) is 11.0. The zero-order valence-corrected chi connectivity index (χ0v) is 11.5. The van der Waals surface area contributed by atoms with Gasteiger partial charge in [-0.05, 0) is 32.6 Å². The predicted octanol–water partition coefficient (Wildman–Crippen LogP) is 2.97. The summed E-state index contributed by atoms with van der Waals surface area (Å²) in [4.78, 5) is 0. The molecule has 86 valence electrons. The molecule has 0 aromatic heterocycles.